The number of hydrogen-bond donors (Lipinski definition) is 0. The maximum Gasteiger partial charge on any atom is 0.160 e. The molecule has 4 heteroatoms. The van der Waals surface area contributed by atoms with Crippen LogP contribution in [-0.4, -0.2) is 19.1 Å². The van der Waals surface area contributed by atoms with E-state index in [0.717, 1.165) is 61.5 Å². The summed E-state index contributed by atoms with van der Waals surface area (Å²) in [5.41, 5.74) is 20.8. The van der Waals surface area contributed by atoms with E-state index in [1.54, 1.807) is 0 Å². The van der Waals surface area contributed by atoms with Crippen LogP contribution < -0.4 is 0 Å². The van der Waals surface area contributed by atoms with Gasteiger partial charge in [-0.25, -0.2) is 9.97 Å². The van der Waals surface area contributed by atoms with Crippen LogP contribution in [0, 0.1) is 0 Å². The standard InChI is InChI=1S/C70H46N4/c1-5-17-47(18-6-1)49-29-33-51(34-30-49)55-37-39-68-62(43-55)60-25-13-15-27-66(60)73(68)58-41-57(65-46-64(53-21-9-3-10-22-53)71-70(72-65)54-23-11-4-12-24-54)42-59(45-58)74-67-28-16-14-26-61(67)63-44-56(38-40-69(63)74)52-35-31-50(32-36-52)48-19-7-2-8-20-48/h1-46H. The maximum absolute atomic E-state index is 5.41. The zero-order valence-electron chi connectivity index (χ0n) is 40.3. The number of aromatic nitrogens is 4. The Kier molecular flexibility index (Phi) is 10.5. The van der Waals surface area contributed by atoms with Crippen molar-refractivity contribution in [3.63, 3.8) is 0 Å². The van der Waals surface area contributed by atoms with E-state index in [0.29, 0.717) is 5.82 Å². The fraction of sp³-hybridized carbons (Fsp3) is 0. The van der Waals surface area contributed by atoms with Crippen molar-refractivity contribution in [1.82, 2.24) is 19.1 Å². The second-order valence-corrected chi connectivity index (χ2v) is 19.0. The van der Waals surface area contributed by atoms with Crippen molar-refractivity contribution in [1.29, 1.82) is 0 Å². The summed E-state index contributed by atoms with van der Waals surface area (Å²) in [7, 11) is 0. The molecular formula is C70H46N4. The van der Waals surface area contributed by atoms with Gasteiger partial charge in [0.1, 0.15) is 0 Å². The van der Waals surface area contributed by atoms with Gasteiger partial charge in [-0.05, 0) is 105 Å². The maximum atomic E-state index is 5.41. The number of para-hydroxylation sites is 2. The molecule has 14 aromatic rings. The summed E-state index contributed by atoms with van der Waals surface area (Å²) in [5, 5.41) is 4.77. The van der Waals surface area contributed by atoms with E-state index in [1.165, 1.54) is 66.1 Å². The largest absolute Gasteiger partial charge is 0.309 e. The lowest BCUT2D eigenvalue weighted by molar-refractivity contribution is 1.13. The minimum atomic E-state index is 0.677. The third-order valence-electron chi connectivity index (χ3n) is 14.5. The van der Waals surface area contributed by atoms with Gasteiger partial charge in [0.15, 0.2) is 5.82 Å². The molecule has 0 aliphatic heterocycles. The predicted molar refractivity (Wildman–Crippen MR) is 309 cm³/mol. The van der Waals surface area contributed by atoms with Crippen LogP contribution in [0.1, 0.15) is 0 Å². The molecule has 0 saturated heterocycles. The van der Waals surface area contributed by atoms with Gasteiger partial charge >= 0.3 is 0 Å². The number of fused-ring (bicyclic) bond motifs is 6. The molecule has 0 amide bonds. The highest BCUT2D eigenvalue weighted by Crippen LogP contribution is 2.41. The summed E-state index contributed by atoms with van der Waals surface area (Å²) in [5.74, 6) is 0.677. The molecule has 0 saturated carbocycles. The summed E-state index contributed by atoms with van der Waals surface area (Å²) < 4.78 is 4.87. The zero-order chi connectivity index (χ0) is 49.0. The van der Waals surface area contributed by atoms with Crippen LogP contribution in [0.15, 0.2) is 279 Å². The van der Waals surface area contributed by atoms with Crippen LogP contribution in [0.2, 0.25) is 0 Å². The van der Waals surface area contributed by atoms with Gasteiger partial charge in [0, 0.05) is 49.6 Å². The van der Waals surface area contributed by atoms with Crippen molar-refractivity contribution < 1.29 is 0 Å². The van der Waals surface area contributed by atoms with Gasteiger partial charge in [0.2, 0.25) is 0 Å². The van der Waals surface area contributed by atoms with E-state index in [2.05, 4.69) is 264 Å². The van der Waals surface area contributed by atoms with Crippen LogP contribution >= 0.6 is 0 Å². The fourth-order valence-corrected chi connectivity index (χ4v) is 10.9. The summed E-state index contributed by atoms with van der Waals surface area (Å²) in [4.78, 5) is 10.6. The first-order valence-electron chi connectivity index (χ1n) is 25.2. The minimum Gasteiger partial charge on any atom is -0.309 e. The molecule has 14 rings (SSSR count). The first-order valence-corrected chi connectivity index (χ1v) is 25.2. The molecule has 0 spiro atoms. The van der Waals surface area contributed by atoms with Gasteiger partial charge < -0.3 is 9.13 Å². The Morgan fingerprint density at radius 3 is 0.973 bits per heavy atom. The summed E-state index contributed by atoms with van der Waals surface area (Å²) >= 11 is 0. The van der Waals surface area contributed by atoms with Crippen molar-refractivity contribution in [3.05, 3.63) is 279 Å². The SMILES string of the molecule is c1ccc(-c2ccc(-c3ccc4c(c3)c3ccccc3n4-c3cc(-c4cc(-c5ccccc5)nc(-c5ccccc5)n4)cc(-n4c5ccccc5c5cc(-c6ccc(-c7ccccc7)cc6)ccc54)c3)cc2)cc1. The van der Waals surface area contributed by atoms with Crippen LogP contribution in [0.25, 0.3) is 133 Å². The number of hydrogen-bond acceptors (Lipinski definition) is 2. The van der Waals surface area contributed by atoms with E-state index in [4.69, 9.17) is 9.97 Å². The van der Waals surface area contributed by atoms with Crippen molar-refractivity contribution in [3.8, 4) is 89.8 Å². The monoisotopic (exact) mass is 942 g/mol. The average molecular weight is 943 g/mol. The highest BCUT2D eigenvalue weighted by Gasteiger charge is 2.20. The Labute approximate surface area is 429 Å². The van der Waals surface area contributed by atoms with Crippen LogP contribution in [0.3, 0.4) is 0 Å². The highest BCUT2D eigenvalue weighted by atomic mass is 15.0. The van der Waals surface area contributed by atoms with Gasteiger partial charge in [0.05, 0.1) is 33.5 Å². The van der Waals surface area contributed by atoms with Crippen LogP contribution in [-0.2, 0) is 0 Å². The molecule has 0 aliphatic rings. The Morgan fingerprint density at radius 2 is 0.527 bits per heavy atom. The second kappa shape index (κ2) is 18.1. The van der Waals surface area contributed by atoms with Crippen LogP contribution in [0.4, 0.5) is 0 Å². The molecule has 0 atom stereocenters. The first-order chi connectivity index (χ1) is 36.7. The molecule has 0 N–H and O–H groups in total. The van der Waals surface area contributed by atoms with Gasteiger partial charge in [-0.3, -0.25) is 0 Å². The zero-order valence-corrected chi connectivity index (χ0v) is 40.3. The fourth-order valence-electron chi connectivity index (χ4n) is 10.9. The van der Waals surface area contributed by atoms with Crippen LogP contribution in [0.5, 0.6) is 0 Å². The molecule has 0 unspecified atom stereocenters. The topological polar surface area (TPSA) is 35.6 Å². The van der Waals surface area contributed by atoms with E-state index in [-0.39, 0.29) is 0 Å². The second-order valence-electron chi connectivity index (χ2n) is 19.0. The Hall–Kier alpha value is -9.90. The lowest BCUT2D eigenvalue weighted by atomic mass is 9.99. The van der Waals surface area contributed by atoms with Crippen molar-refractivity contribution >= 4 is 43.6 Å². The van der Waals surface area contributed by atoms with E-state index in [9.17, 15) is 0 Å². The Balaban J connectivity index is 0.979. The minimum absolute atomic E-state index is 0.677. The molecule has 346 valence electrons. The quantitative estimate of drug-likeness (QED) is 0.145. The first kappa shape index (κ1) is 42.9. The summed E-state index contributed by atoms with van der Waals surface area (Å²) in [6.07, 6.45) is 0. The molecule has 11 aromatic carbocycles. The van der Waals surface area contributed by atoms with E-state index >= 15 is 0 Å². The van der Waals surface area contributed by atoms with E-state index in [1.807, 2.05) is 24.3 Å². The van der Waals surface area contributed by atoms with Crippen molar-refractivity contribution in [2.24, 2.45) is 0 Å². The lowest BCUT2D eigenvalue weighted by Crippen LogP contribution is -2.01. The number of nitrogens with zero attached hydrogens (tertiary/aromatic N) is 4. The molecule has 4 nitrogen and oxygen atoms in total. The third-order valence-corrected chi connectivity index (χ3v) is 14.5. The normalized spacial score (nSPS) is 11.5. The van der Waals surface area contributed by atoms with Gasteiger partial charge in [-0.15, -0.1) is 0 Å². The predicted octanol–water partition coefficient (Wildman–Crippen LogP) is 18.3. The smallest absolute Gasteiger partial charge is 0.160 e. The number of rotatable bonds is 9. The van der Waals surface area contributed by atoms with Gasteiger partial charge in [-0.2, -0.15) is 0 Å². The molecule has 3 aromatic heterocycles. The third kappa shape index (κ3) is 7.65. The molecule has 0 bridgehead atoms. The number of benzene rings is 11. The lowest BCUT2D eigenvalue weighted by Gasteiger charge is -2.16. The average Bonchev–Trinajstić information content (AvgIpc) is 4.00. The van der Waals surface area contributed by atoms with E-state index < -0.39 is 0 Å². The molecule has 74 heavy (non-hydrogen) atoms. The van der Waals surface area contributed by atoms with Gasteiger partial charge in [-0.1, -0.05) is 218 Å². The Morgan fingerprint density at radius 1 is 0.203 bits per heavy atom. The van der Waals surface area contributed by atoms with Crippen molar-refractivity contribution in [2.75, 3.05) is 0 Å². The van der Waals surface area contributed by atoms with Crippen molar-refractivity contribution in [2.45, 2.75) is 0 Å². The van der Waals surface area contributed by atoms with Gasteiger partial charge in [0.25, 0.3) is 0 Å². The molecule has 0 aliphatic carbocycles. The Bertz CT molecular complexity index is 4090. The molecule has 0 radical (unpaired) electrons. The summed E-state index contributed by atoms with van der Waals surface area (Å²) in [6, 6.07) is 100. The summed E-state index contributed by atoms with van der Waals surface area (Å²) in [6.45, 7) is 0. The molecule has 0 fully saturated rings. The highest BCUT2D eigenvalue weighted by molar-refractivity contribution is 6.12. The molecule has 3 heterocycles. The molecular weight excluding hydrogens is 897 g/mol.